The largest absolute Gasteiger partial charge is 0.297 e. The van der Waals surface area contributed by atoms with Crippen molar-refractivity contribution in [1.82, 2.24) is 9.74 Å². The summed E-state index contributed by atoms with van der Waals surface area (Å²) < 4.78 is 1.86. The highest BCUT2D eigenvalue weighted by atomic mass is 35.5. The lowest BCUT2D eigenvalue weighted by Crippen LogP contribution is -2.35. The fraction of sp³-hybridized carbons (Fsp3) is 0.455. The molecule has 1 aromatic carbocycles. The maximum Gasteiger partial charge on any atom is 0.0745 e. The molecule has 76 valence electrons. The van der Waals surface area contributed by atoms with Gasteiger partial charge < -0.3 is 0 Å². The second kappa shape index (κ2) is 4.78. The molecule has 2 nitrogen and oxygen atoms in total. The monoisotopic (exact) mass is 210 g/mol. The van der Waals surface area contributed by atoms with E-state index in [-0.39, 0.29) is 0 Å². The highest BCUT2D eigenvalue weighted by molar-refractivity contribution is 6.13. The first kappa shape index (κ1) is 9.97. The number of nitrogens with one attached hydrogen (secondary N) is 1. The number of hydrogen-bond acceptors (Lipinski definition) is 2. The Morgan fingerprint density at radius 3 is 2.79 bits per heavy atom. The molecular weight excluding hydrogens is 196 g/mol. The lowest BCUT2D eigenvalue weighted by molar-refractivity contribution is 0.351. The van der Waals surface area contributed by atoms with E-state index in [4.69, 9.17) is 11.8 Å². The quantitative estimate of drug-likeness (QED) is 0.771. The Bertz CT molecular complexity index is 276. The molecule has 2 rings (SSSR count). The first-order valence-corrected chi connectivity index (χ1v) is 5.40. The highest BCUT2D eigenvalue weighted by Crippen LogP contribution is 2.17. The molecule has 1 aromatic rings. The van der Waals surface area contributed by atoms with Crippen LogP contribution in [0, 0.1) is 0 Å². The van der Waals surface area contributed by atoms with Crippen molar-refractivity contribution in [3.63, 3.8) is 0 Å². The molecule has 0 aromatic heterocycles. The maximum atomic E-state index is 6.02. The Morgan fingerprint density at radius 1 is 1.36 bits per heavy atom. The van der Waals surface area contributed by atoms with Gasteiger partial charge in [0.1, 0.15) is 0 Å². The molecule has 0 bridgehead atoms. The summed E-state index contributed by atoms with van der Waals surface area (Å²) in [6.07, 6.45) is 2.68. The lowest BCUT2D eigenvalue weighted by Gasteiger charge is -2.18. The van der Waals surface area contributed by atoms with Crippen LogP contribution < -0.4 is 5.32 Å². The van der Waals surface area contributed by atoms with Crippen molar-refractivity contribution in [2.75, 3.05) is 6.54 Å². The van der Waals surface area contributed by atoms with Crippen LogP contribution in [0.2, 0.25) is 0 Å². The summed E-state index contributed by atoms with van der Waals surface area (Å²) in [4.78, 5) is 0. The molecular formula is C11H15ClN2. The number of hydrogen-bond donors (Lipinski definition) is 1. The minimum atomic E-state index is 0.344. The lowest BCUT2D eigenvalue weighted by atomic mass is 10.2. The van der Waals surface area contributed by atoms with Gasteiger partial charge >= 0.3 is 0 Å². The van der Waals surface area contributed by atoms with Crippen molar-refractivity contribution >= 4 is 11.8 Å². The molecule has 0 amide bonds. The Balaban J connectivity index is 1.82. The van der Waals surface area contributed by atoms with Crippen LogP contribution in [0.25, 0.3) is 0 Å². The average Bonchev–Trinajstić information content (AvgIpc) is 2.63. The standard InChI is InChI=1S/C11H15ClN2/c12-14-8-4-7-11(14)13-9-10-5-2-1-3-6-10/h1-3,5-6,11,13H,4,7-9H2. The van der Waals surface area contributed by atoms with Crippen LogP contribution in [0.1, 0.15) is 18.4 Å². The third-order valence-electron chi connectivity index (χ3n) is 2.57. The second-order valence-electron chi connectivity index (χ2n) is 3.65. The zero-order valence-corrected chi connectivity index (χ0v) is 8.87. The van der Waals surface area contributed by atoms with Crippen molar-refractivity contribution in [2.45, 2.75) is 25.6 Å². The average molecular weight is 211 g/mol. The predicted molar refractivity (Wildman–Crippen MR) is 58.9 cm³/mol. The predicted octanol–water partition coefficient (Wildman–Crippen LogP) is 2.35. The van der Waals surface area contributed by atoms with Gasteiger partial charge in [0.2, 0.25) is 0 Å². The smallest absolute Gasteiger partial charge is 0.0745 e. The molecule has 0 radical (unpaired) electrons. The molecule has 1 unspecified atom stereocenters. The Labute approximate surface area is 90.0 Å². The van der Waals surface area contributed by atoms with E-state index in [9.17, 15) is 0 Å². The number of halogens is 1. The van der Waals surface area contributed by atoms with E-state index >= 15 is 0 Å². The van der Waals surface area contributed by atoms with Gasteiger partial charge in [0.25, 0.3) is 0 Å². The van der Waals surface area contributed by atoms with Crippen LogP contribution in [0.4, 0.5) is 0 Å². The van der Waals surface area contributed by atoms with Crippen LogP contribution in [0.5, 0.6) is 0 Å². The van der Waals surface area contributed by atoms with Gasteiger partial charge in [-0.3, -0.25) is 5.32 Å². The van der Waals surface area contributed by atoms with Gasteiger partial charge in [-0.05, 0) is 30.2 Å². The summed E-state index contributed by atoms with van der Waals surface area (Å²) in [6.45, 7) is 1.89. The van der Waals surface area contributed by atoms with Crippen LogP contribution in [-0.4, -0.2) is 17.1 Å². The molecule has 1 fully saturated rings. The molecule has 1 heterocycles. The third kappa shape index (κ3) is 2.47. The molecule has 1 aliphatic heterocycles. The maximum absolute atomic E-state index is 6.02. The first-order chi connectivity index (χ1) is 6.86. The van der Waals surface area contributed by atoms with Crippen molar-refractivity contribution in [3.8, 4) is 0 Å². The fourth-order valence-corrected chi connectivity index (χ4v) is 2.05. The van der Waals surface area contributed by atoms with E-state index in [1.165, 1.54) is 12.0 Å². The van der Waals surface area contributed by atoms with E-state index in [1.807, 2.05) is 10.5 Å². The van der Waals surface area contributed by atoms with Crippen molar-refractivity contribution < 1.29 is 0 Å². The van der Waals surface area contributed by atoms with Crippen LogP contribution in [-0.2, 0) is 6.54 Å². The zero-order chi connectivity index (χ0) is 9.80. The summed E-state index contributed by atoms with van der Waals surface area (Å²) in [7, 11) is 0. The SMILES string of the molecule is ClN1CCCC1NCc1ccccc1. The van der Waals surface area contributed by atoms with Gasteiger partial charge in [-0.25, -0.2) is 4.42 Å². The summed E-state index contributed by atoms with van der Waals surface area (Å²) in [5.74, 6) is 0. The minimum Gasteiger partial charge on any atom is -0.297 e. The molecule has 14 heavy (non-hydrogen) atoms. The molecule has 0 saturated carbocycles. The van der Waals surface area contributed by atoms with E-state index in [0.717, 1.165) is 19.5 Å². The van der Waals surface area contributed by atoms with Gasteiger partial charge in [0, 0.05) is 13.1 Å². The van der Waals surface area contributed by atoms with Gasteiger partial charge in [-0.15, -0.1) is 0 Å². The number of rotatable bonds is 3. The van der Waals surface area contributed by atoms with Gasteiger partial charge in [-0.2, -0.15) is 0 Å². The molecule has 0 spiro atoms. The minimum absolute atomic E-state index is 0.344. The summed E-state index contributed by atoms with van der Waals surface area (Å²) in [5, 5.41) is 3.44. The first-order valence-electron chi connectivity index (χ1n) is 5.06. The topological polar surface area (TPSA) is 15.3 Å². The Hall–Kier alpha value is -0.570. The third-order valence-corrected chi connectivity index (χ3v) is 2.98. The molecule has 0 aliphatic carbocycles. The number of nitrogens with zero attached hydrogens (tertiary/aromatic N) is 1. The van der Waals surface area contributed by atoms with Crippen LogP contribution >= 0.6 is 11.8 Å². The van der Waals surface area contributed by atoms with E-state index < -0.39 is 0 Å². The van der Waals surface area contributed by atoms with Crippen molar-refractivity contribution in [1.29, 1.82) is 0 Å². The van der Waals surface area contributed by atoms with E-state index in [1.54, 1.807) is 0 Å². The summed E-state index contributed by atoms with van der Waals surface area (Å²) >= 11 is 6.02. The van der Waals surface area contributed by atoms with E-state index in [0.29, 0.717) is 6.17 Å². The highest BCUT2D eigenvalue weighted by Gasteiger charge is 2.21. The molecule has 1 aliphatic rings. The van der Waals surface area contributed by atoms with E-state index in [2.05, 4.69) is 29.6 Å². The molecule has 1 N–H and O–H groups in total. The Kier molecular flexibility index (Phi) is 3.40. The summed E-state index contributed by atoms with van der Waals surface area (Å²) in [5.41, 5.74) is 1.31. The van der Waals surface area contributed by atoms with Gasteiger partial charge in [-0.1, -0.05) is 30.3 Å². The molecule has 1 saturated heterocycles. The molecule has 1 atom stereocenters. The zero-order valence-electron chi connectivity index (χ0n) is 8.12. The van der Waals surface area contributed by atoms with Crippen molar-refractivity contribution in [2.24, 2.45) is 0 Å². The van der Waals surface area contributed by atoms with Gasteiger partial charge in [0.15, 0.2) is 0 Å². The van der Waals surface area contributed by atoms with Crippen LogP contribution in [0.15, 0.2) is 30.3 Å². The Morgan fingerprint density at radius 2 is 2.14 bits per heavy atom. The van der Waals surface area contributed by atoms with Crippen LogP contribution in [0.3, 0.4) is 0 Å². The van der Waals surface area contributed by atoms with Gasteiger partial charge in [0.05, 0.1) is 6.17 Å². The number of benzene rings is 1. The second-order valence-corrected chi connectivity index (χ2v) is 4.08. The fourth-order valence-electron chi connectivity index (χ4n) is 1.76. The molecule has 3 heteroatoms. The normalized spacial score (nSPS) is 22.8. The summed E-state index contributed by atoms with van der Waals surface area (Å²) in [6, 6.07) is 10.4. The van der Waals surface area contributed by atoms with Crippen molar-refractivity contribution in [3.05, 3.63) is 35.9 Å².